The van der Waals surface area contributed by atoms with Crippen LogP contribution in [0.4, 0.5) is 5.13 Å². The fraction of sp³-hybridized carbons (Fsp3) is 0.786. The molecule has 0 aromatic carbocycles. The first-order valence-electron chi connectivity index (χ1n) is 7.23. The highest BCUT2D eigenvalue weighted by Crippen LogP contribution is 2.23. The first-order chi connectivity index (χ1) is 9.12. The molecule has 0 aliphatic heterocycles. The number of hydrogen-bond donors (Lipinski definition) is 1. The van der Waals surface area contributed by atoms with E-state index < -0.39 is 6.10 Å². The second kappa shape index (κ2) is 8.51. The third kappa shape index (κ3) is 5.09. The molecule has 0 radical (unpaired) electrons. The molecule has 1 heterocycles. The third-order valence-electron chi connectivity index (χ3n) is 3.39. The number of hydrogen-bond acceptors (Lipinski definition) is 5. The predicted molar refractivity (Wildman–Crippen MR) is 83.0 cm³/mol. The van der Waals surface area contributed by atoms with E-state index >= 15 is 0 Å². The summed E-state index contributed by atoms with van der Waals surface area (Å²) in [5, 5.41) is 12.5. The van der Waals surface area contributed by atoms with Crippen molar-refractivity contribution in [1.29, 1.82) is 0 Å². The van der Waals surface area contributed by atoms with Crippen LogP contribution in [0, 0.1) is 0 Å². The van der Waals surface area contributed by atoms with Gasteiger partial charge in [0.1, 0.15) is 0 Å². The van der Waals surface area contributed by atoms with E-state index in [9.17, 15) is 5.11 Å². The van der Waals surface area contributed by atoms with Gasteiger partial charge in [0.05, 0.1) is 11.8 Å². The molecule has 0 spiro atoms. The summed E-state index contributed by atoms with van der Waals surface area (Å²) in [6.45, 7) is 13.7. The molecule has 0 aliphatic rings. The van der Waals surface area contributed by atoms with Crippen molar-refractivity contribution < 1.29 is 5.11 Å². The second-order valence-corrected chi connectivity index (χ2v) is 5.53. The SMILES string of the molecule is CCN(CC)CCCN(CC)c1nc(C(C)O)cs1. The van der Waals surface area contributed by atoms with Crippen molar-refractivity contribution in [3.63, 3.8) is 0 Å². The van der Waals surface area contributed by atoms with Gasteiger partial charge in [-0.1, -0.05) is 13.8 Å². The number of nitrogens with zero attached hydrogens (tertiary/aromatic N) is 3. The van der Waals surface area contributed by atoms with E-state index in [1.165, 1.54) is 0 Å². The van der Waals surface area contributed by atoms with Crippen LogP contribution >= 0.6 is 11.3 Å². The van der Waals surface area contributed by atoms with E-state index in [1.54, 1.807) is 18.3 Å². The zero-order valence-electron chi connectivity index (χ0n) is 12.6. The van der Waals surface area contributed by atoms with E-state index in [0.717, 1.165) is 50.0 Å². The molecule has 0 amide bonds. The lowest BCUT2D eigenvalue weighted by molar-refractivity contribution is 0.195. The third-order valence-corrected chi connectivity index (χ3v) is 4.31. The zero-order chi connectivity index (χ0) is 14.3. The van der Waals surface area contributed by atoms with Gasteiger partial charge in [-0.05, 0) is 39.9 Å². The monoisotopic (exact) mass is 285 g/mol. The summed E-state index contributed by atoms with van der Waals surface area (Å²) >= 11 is 1.62. The summed E-state index contributed by atoms with van der Waals surface area (Å²) < 4.78 is 0. The maximum absolute atomic E-state index is 9.52. The largest absolute Gasteiger partial charge is 0.387 e. The minimum Gasteiger partial charge on any atom is -0.387 e. The van der Waals surface area contributed by atoms with Crippen molar-refractivity contribution in [2.45, 2.75) is 40.2 Å². The molecule has 0 saturated heterocycles. The molecule has 1 rings (SSSR count). The summed E-state index contributed by atoms with van der Waals surface area (Å²) in [4.78, 5) is 9.23. The fourth-order valence-corrected chi connectivity index (χ4v) is 3.03. The van der Waals surface area contributed by atoms with Crippen LogP contribution in [-0.2, 0) is 0 Å². The average Bonchev–Trinajstić information content (AvgIpc) is 2.89. The van der Waals surface area contributed by atoms with Gasteiger partial charge in [0.25, 0.3) is 0 Å². The quantitative estimate of drug-likeness (QED) is 0.757. The molecule has 0 saturated carbocycles. The van der Waals surface area contributed by atoms with Crippen LogP contribution in [-0.4, -0.2) is 47.7 Å². The lowest BCUT2D eigenvalue weighted by atomic mass is 10.3. The van der Waals surface area contributed by atoms with Crippen LogP contribution in [0.3, 0.4) is 0 Å². The molecule has 1 aromatic rings. The minimum atomic E-state index is -0.473. The summed E-state index contributed by atoms with van der Waals surface area (Å²) in [7, 11) is 0. The topological polar surface area (TPSA) is 39.6 Å². The molecule has 4 nitrogen and oxygen atoms in total. The fourth-order valence-electron chi connectivity index (χ4n) is 2.03. The Balaban J connectivity index is 2.48. The maximum Gasteiger partial charge on any atom is 0.185 e. The average molecular weight is 285 g/mol. The standard InChI is InChI=1S/C14H27N3OS/c1-5-16(6-2)9-8-10-17(7-3)14-15-13(11-19-14)12(4)18/h11-12,18H,5-10H2,1-4H3. The molecule has 19 heavy (non-hydrogen) atoms. The van der Waals surface area contributed by atoms with E-state index in [2.05, 4.69) is 35.6 Å². The van der Waals surface area contributed by atoms with E-state index in [-0.39, 0.29) is 0 Å². The Morgan fingerprint density at radius 3 is 2.37 bits per heavy atom. The van der Waals surface area contributed by atoms with Crippen LogP contribution < -0.4 is 4.90 Å². The van der Waals surface area contributed by atoms with Gasteiger partial charge >= 0.3 is 0 Å². The molecule has 110 valence electrons. The normalized spacial score (nSPS) is 12.9. The Morgan fingerprint density at radius 2 is 1.89 bits per heavy atom. The number of aliphatic hydroxyl groups excluding tert-OH is 1. The summed E-state index contributed by atoms with van der Waals surface area (Å²) in [5.41, 5.74) is 0.780. The highest BCUT2D eigenvalue weighted by Gasteiger charge is 2.12. The first-order valence-corrected chi connectivity index (χ1v) is 8.11. The molecule has 0 fully saturated rings. The molecule has 5 heteroatoms. The molecular weight excluding hydrogens is 258 g/mol. The lowest BCUT2D eigenvalue weighted by Crippen LogP contribution is -2.29. The van der Waals surface area contributed by atoms with Crippen molar-refractivity contribution in [3.8, 4) is 0 Å². The molecular formula is C14H27N3OS. The minimum absolute atomic E-state index is 0.473. The van der Waals surface area contributed by atoms with E-state index in [4.69, 9.17) is 0 Å². The number of thiazole rings is 1. The van der Waals surface area contributed by atoms with Gasteiger partial charge in [-0.2, -0.15) is 0 Å². The van der Waals surface area contributed by atoms with Gasteiger partial charge in [-0.15, -0.1) is 11.3 Å². The summed E-state index contributed by atoms with van der Waals surface area (Å²) in [6.07, 6.45) is 0.679. The summed E-state index contributed by atoms with van der Waals surface area (Å²) in [5.74, 6) is 0. The van der Waals surface area contributed by atoms with Crippen LogP contribution in [0.1, 0.15) is 45.9 Å². The Hall–Kier alpha value is -0.650. The highest BCUT2D eigenvalue weighted by molar-refractivity contribution is 7.13. The van der Waals surface area contributed by atoms with Gasteiger partial charge in [0.2, 0.25) is 0 Å². The molecule has 1 unspecified atom stereocenters. The van der Waals surface area contributed by atoms with Crippen molar-refractivity contribution in [2.75, 3.05) is 37.6 Å². The van der Waals surface area contributed by atoms with Crippen molar-refractivity contribution in [3.05, 3.63) is 11.1 Å². The van der Waals surface area contributed by atoms with Crippen molar-refractivity contribution in [2.24, 2.45) is 0 Å². The Labute approximate surface area is 121 Å². The van der Waals surface area contributed by atoms with Gasteiger partial charge in [0, 0.05) is 18.5 Å². The van der Waals surface area contributed by atoms with Gasteiger partial charge in [0.15, 0.2) is 5.13 Å². The molecule has 0 aliphatic carbocycles. The molecule has 1 aromatic heterocycles. The molecule has 1 atom stereocenters. The zero-order valence-corrected chi connectivity index (χ0v) is 13.4. The predicted octanol–water partition coefficient (Wildman–Crippen LogP) is 2.75. The molecule has 0 bridgehead atoms. The summed E-state index contributed by atoms with van der Waals surface area (Å²) in [6, 6.07) is 0. The van der Waals surface area contributed by atoms with Crippen molar-refractivity contribution >= 4 is 16.5 Å². The van der Waals surface area contributed by atoms with Gasteiger partial charge in [-0.3, -0.25) is 0 Å². The second-order valence-electron chi connectivity index (χ2n) is 4.69. The lowest BCUT2D eigenvalue weighted by Gasteiger charge is -2.23. The first kappa shape index (κ1) is 16.4. The van der Waals surface area contributed by atoms with Gasteiger partial charge < -0.3 is 14.9 Å². The number of aromatic nitrogens is 1. The number of rotatable bonds is 9. The van der Waals surface area contributed by atoms with Crippen LogP contribution in [0.25, 0.3) is 0 Å². The van der Waals surface area contributed by atoms with Crippen LogP contribution in [0.2, 0.25) is 0 Å². The van der Waals surface area contributed by atoms with E-state index in [1.807, 2.05) is 5.38 Å². The Kier molecular flexibility index (Phi) is 7.34. The smallest absolute Gasteiger partial charge is 0.185 e. The number of aliphatic hydroxyl groups is 1. The van der Waals surface area contributed by atoms with Crippen LogP contribution in [0.5, 0.6) is 0 Å². The van der Waals surface area contributed by atoms with Gasteiger partial charge in [-0.25, -0.2) is 4.98 Å². The van der Waals surface area contributed by atoms with Crippen LogP contribution in [0.15, 0.2) is 5.38 Å². The number of anilines is 1. The highest BCUT2D eigenvalue weighted by atomic mass is 32.1. The van der Waals surface area contributed by atoms with Crippen molar-refractivity contribution in [1.82, 2.24) is 9.88 Å². The maximum atomic E-state index is 9.52. The Bertz CT molecular complexity index is 350. The molecule has 1 N–H and O–H groups in total. The Morgan fingerprint density at radius 1 is 1.21 bits per heavy atom. The van der Waals surface area contributed by atoms with E-state index in [0.29, 0.717) is 0 Å².